The van der Waals surface area contributed by atoms with Gasteiger partial charge in [0.25, 0.3) is 10.0 Å². The lowest BCUT2D eigenvalue weighted by Gasteiger charge is -2.30. The molecule has 0 radical (unpaired) electrons. The minimum absolute atomic E-state index is 0.206. The Labute approximate surface area is 119 Å². The molecule has 2 N–H and O–H groups in total. The summed E-state index contributed by atoms with van der Waals surface area (Å²) in [6.07, 6.45) is 3.23. The number of piperidine rings is 1. The SMILES string of the molecule is CNCc1cn[nH]c1S(=O)(=O)N1CCC(COC)CC1. The Bertz CT molecular complexity index is 521. The van der Waals surface area contributed by atoms with Gasteiger partial charge in [-0.05, 0) is 25.8 Å². The molecule has 1 aromatic heterocycles. The fourth-order valence-corrected chi connectivity index (χ4v) is 4.09. The monoisotopic (exact) mass is 302 g/mol. The van der Waals surface area contributed by atoms with E-state index in [0.717, 1.165) is 12.8 Å². The quantitative estimate of drug-likeness (QED) is 0.782. The molecule has 20 heavy (non-hydrogen) atoms. The highest BCUT2D eigenvalue weighted by Gasteiger charge is 2.31. The largest absolute Gasteiger partial charge is 0.384 e. The summed E-state index contributed by atoms with van der Waals surface area (Å²) in [6, 6.07) is 0. The maximum absolute atomic E-state index is 12.6. The third-order valence-corrected chi connectivity index (χ3v) is 5.53. The van der Waals surface area contributed by atoms with Crippen LogP contribution in [-0.4, -0.2) is 56.8 Å². The maximum atomic E-state index is 12.6. The molecule has 7 nitrogen and oxygen atoms in total. The average molecular weight is 302 g/mol. The molecule has 0 atom stereocenters. The van der Waals surface area contributed by atoms with Crippen molar-refractivity contribution >= 4 is 10.0 Å². The van der Waals surface area contributed by atoms with Gasteiger partial charge < -0.3 is 10.1 Å². The van der Waals surface area contributed by atoms with Crippen LogP contribution in [0.4, 0.5) is 0 Å². The highest BCUT2D eigenvalue weighted by atomic mass is 32.2. The van der Waals surface area contributed by atoms with Gasteiger partial charge in [-0.15, -0.1) is 0 Å². The lowest BCUT2D eigenvalue weighted by atomic mass is 9.99. The number of H-pyrrole nitrogens is 1. The predicted molar refractivity (Wildman–Crippen MR) is 74.7 cm³/mol. The van der Waals surface area contributed by atoms with Gasteiger partial charge in [0.05, 0.1) is 6.20 Å². The van der Waals surface area contributed by atoms with E-state index >= 15 is 0 Å². The van der Waals surface area contributed by atoms with E-state index in [9.17, 15) is 8.42 Å². The number of nitrogens with zero attached hydrogens (tertiary/aromatic N) is 2. The minimum atomic E-state index is -3.48. The van der Waals surface area contributed by atoms with E-state index in [-0.39, 0.29) is 5.03 Å². The second kappa shape index (κ2) is 6.66. The molecule has 0 amide bonds. The summed E-state index contributed by atoms with van der Waals surface area (Å²) >= 11 is 0. The van der Waals surface area contributed by atoms with Gasteiger partial charge in [0, 0.05) is 38.9 Å². The Kier molecular flexibility index (Phi) is 5.14. The van der Waals surface area contributed by atoms with Crippen molar-refractivity contribution in [2.45, 2.75) is 24.4 Å². The molecule has 1 aliphatic rings. The summed E-state index contributed by atoms with van der Waals surface area (Å²) in [4.78, 5) is 0. The molecule has 1 fully saturated rings. The Morgan fingerprint density at radius 2 is 2.20 bits per heavy atom. The smallest absolute Gasteiger partial charge is 0.260 e. The number of rotatable bonds is 6. The molecule has 0 bridgehead atoms. The normalized spacial score (nSPS) is 18.5. The molecule has 1 aromatic rings. The molecule has 2 rings (SSSR count). The summed E-state index contributed by atoms with van der Waals surface area (Å²) in [5.74, 6) is 0.449. The van der Waals surface area contributed by atoms with Crippen LogP contribution < -0.4 is 5.32 Å². The van der Waals surface area contributed by atoms with E-state index in [4.69, 9.17) is 4.74 Å². The van der Waals surface area contributed by atoms with Crippen molar-refractivity contribution in [3.05, 3.63) is 11.8 Å². The molecule has 8 heteroatoms. The van der Waals surface area contributed by atoms with E-state index in [2.05, 4.69) is 15.5 Å². The van der Waals surface area contributed by atoms with Crippen molar-refractivity contribution in [3.63, 3.8) is 0 Å². The van der Waals surface area contributed by atoms with E-state index in [1.807, 2.05) is 0 Å². The third kappa shape index (κ3) is 3.20. The highest BCUT2D eigenvalue weighted by Crippen LogP contribution is 2.24. The lowest BCUT2D eigenvalue weighted by Crippen LogP contribution is -2.39. The molecule has 0 spiro atoms. The predicted octanol–water partition coefficient (Wildman–Crippen LogP) is 0.176. The summed E-state index contributed by atoms with van der Waals surface area (Å²) in [7, 11) is -0.0197. The van der Waals surface area contributed by atoms with Crippen LogP contribution in [-0.2, 0) is 21.3 Å². The standard InChI is InChI=1S/C12H22N4O3S/c1-13-7-11-8-14-15-12(11)20(17,18)16-5-3-10(4-6-16)9-19-2/h8,10,13H,3-7,9H2,1-2H3,(H,14,15). The Morgan fingerprint density at radius 3 is 2.80 bits per heavy atom. The number of hydrogen-bond acceptors (Lipinski definition) is 5. The number of sulfonamides is 1. The average Bonchev–Trinajstić information content (AvgIpc) is 2.89. The first kappa shape index (κ1) is 15.4. The van der Waals surface area contributed by atoms with Crippen molar-refractivity contribution in [2.24, 2.45) is 5.92 Å². The zero-order chi connectivity index (χ0) is 14.6. The molecule has 0 aromatic carbocycles. The molecule has 114 valence electrons. The van der Waals surface area contributed by atoms with Crippen molar-refractivity contribution in [3.8, 4) is 0 Å². The number of nitrogens with one attached hydrogen (secondary N) is 2. The summed E-state index contributed by atoms with van der Waals surface area (Å²) in [6.45, 7) is 2.25. The highest BCUT2D eigenvalue weighted by molar-refractivity contribution is 7.89. The molecule has 0 unspecified atom stereocenters. The second-order valence-electron chi connectivity index (χ2n) is 5.06. The van der Waals surface area contributed by atoms with Crippen molar-refractivity contribution < 1.29 is 13.2 Å². The van der Waals surface area contributed by atoms with E-state index in [1.54, 1.807) is 20.4 Å². The van der Waals surface area contributed by atoms with Crippen LogP contribution in [0.15, 0.2) is 11.2 Å². The first-order valence-electron chi connectivity index (χ1n) is 6.75. The van der Waals surface area contributed by atoms with E-state index < -0.39 is 10.0 Å². The van der Waals surface area contributed by atoms with Crippen LogP contribution in [0.25, 0.3) is 0 Å². The van der Waals surface area contributed by atoms with Gasteiger partial charge in [0.2, 0.25) is 0 Å². The fraction of sp³-hybridized carbons (Fsp3) is 0.750. The van der Waals surface area contributed by atoms with Crippen LogP contribution >= 0.6 is 0 Å². The van der Waals surface area contributed by atoms with Gasteiger partial charge >= 0.3 is 0 Å². The number of hydrogen-bond donors (Lipinski definition) is 2. The molecular formula is C12H22N4O3S. The van der Waals surface area contributed by atoms with E-state index in [1.165, 1.54) is 4.31 Å². The second-order valence-corrected chi connectivity index (χ2v) is 6.93. The van der Waals surface area contributed by atoms with Gasteiger partial charge in [0.15, 0.2) is 5.03 Å². The molecule has 0 aliphatic carbocycles. The summed E-state index contributed by atoms with van der Waals surface area (Å²) in [5.41, 5.74) is 0.673. The van der Waals surface area contributed by atoms with Gasteiger partial charge in [-0.1, -0.05) is 0 Å². The molecule has 2 heterocycles. The zero-order valence-corrected chi connectivity index (χ0v) is 12.7. The fourth-order valence-electron chi connectivity index (χ4n) is 2.52. The van der Waals surface area contributed by atoms with Gasteiger partial charge in [0.1, 0.15) is 0 Å². The summed E-state index contributed by atoms with van der Waals surface area (Å²) < 4.78 is 31.9. The topological polar surface area (TPSA) is 87.3 Å². The first-order chi connectivity index (χ1) is 9.59. The molecular weight excluding hydrogens is 280 g/mol. The summed E-state index contributed by atoms with van der Waals surface area (Å²) in [5, 5.41) is 9.63. The molecule has 0 saturated carbocycles. The van der Waals surface area contributed by atoms with Crippen LogP contribution in [0.2, 0.25) is 0 Å². The van der Waals surface area contributed by atoms with Crippen LogP contribution in [0.1, 0.15) is 18.4 Å². The number of ether oxygens (including phenoxy) is 1. The molecule has 1 aliphatic heterocycles. The number of methoxy groups -OCH3 is 1. The van der Waals surface area contributed by atoms with Crippen LogP contribution in [0, 0.1) is 5.92 Å². The third-order valence-electron chi connectivity index (χ3n) is 3.62. The van der Waals surface area contributed by atoms with Gasteiger partial charge in [-0.25, -0.2) is 8.42 Å². The molecule has 1 saturated heterocycles. The van der Waals surface area contributed by atoms with E-state index in [0.29, 0.717) is 37.7 Å². The van der Waals surface area contributed by atoms with Crippen molar-refractivity contribution in [1.29, 1.82) is 0 Å². The zero-order valence-electron chi connectivity index (χ0n) is 11.9. The first-order valence-corrected chi connectivity index (χ1v) is 8.19. The van der Waals surface area contributed by atoms with Crippen molar-refractivity contribution in [2.75, 3.05) is 33.9 Å². The number of aromatic amines is 1. The van der Waals surface area contributed by atoms with Gasteiger partial charge in [-0.3, -0.25) is 5.10 Å². The Balaban J connectivity index is 2.09. The Morgan fingerprint density at radius 1 is 1.50 bits per heavy atom. The Hall–Kier alpha value is -0.960. The van der Waals surface area contributed by atoms with Crippen LogP contribution in [0.5, 0.6) is 0 Å². The lowest BCUT2D eigenvalue weighted by molar-refractivity contribution is 0.121. The van der Waals surface area contributed by atoms with Gasteiger partial charge in [-0.2, -0.15) is 9.40 Å². The van der Waals surface area contributed by atoms with Crippen LogP contribution in [0.3, 0.4) is 0 Å². The minimum Gasteiger partial charge on any atom is -0.384 e. The van der Waals surface area contributed by atoms with Crippen molar-refractivity contribution in [1.82, 2.24) is 19.8 Å². The maximum Gasteiger partial charge on any atom is 0.260 e. The number of aromatic nitrogens is 2.